The normalized spacial score (nSPS) is 8.50. The number of rotatable bonds is 0. The third kappa shape index (κ3) is 5320. The van der Waals surface area contributed by atoms with Crippen LogP contribution in [0, 0.1) is 0 Å². The van der Waals surface area contributed by atoms with Gasteiger partial charge in [-0.05, 0) is 0 Å². The van der Waals surface area contributed by atoms with Gasteiger partial charge in [0.2, 0.25) is 16.0 Å². The van der Waals surface area contributed by atoms with E-state index < -0.39 is 0 Å². The van der Waals surface area contributed by atoms with Gasteiger partial charge in [-0.1, -0.05) is 0 Å². The van der Waals surface area contributed by atoms with E-state index in [1.807, 2.05) is 0 Å². The van der Waals surface area contributed by atoms with Crippen molar-refractivity contribution in [1.82, 2.24) is 4.94 Å². The maximum atomic E-state index is 10.8. The molecule has 0 N–H and O–H groups in total. The molecule has 0 unspecified atom stereocenters. The lowest BCUT2D eigenvalue weighted by Gasteiger charge is -1.83. The first kappa shape index (κ1) is 4.02. The Morgan fingerprint density at radius 1 is 1.50 bits per heavy atom. The van der Waals surface area contributed by atoms with Crippen LogP contribution in [0.1, 0.15) is 0 Å². The fourth-order valence-electron chi connectivity index (χ4n) is 0. The van der Waals surface area contributed by atoms with Crippen LogP contribution in [-0.4, -0.2) is 20.9 Å². The zero-order valence-electron chi connectivity index (χ0n) is 2.83. The number of nitrogens with zero attached hydrogens (tertiary/aromatic N) is 1. The second kappa shape index (κ2) is 1.35. The molecule has 0 bridgehead atoms. The van der Waals surface area contributed by atoms with Crippen LogP contribution in [0.4, 0.5) is 4.48 Å². The zero-order valence-corrected chi connectivity index (χ0v) is 2.83. The molecule has 0 aromatic rings. The van der Waals surface area contributed by atoms with Crippen LogP contribution in [0.5, 0.6) is 0 Å². The first-order chi connectivity index (χ1) is 1.73. The molecule has 0 aliphatic carbocycles. The van der Waals surface area contributed by atoms with Crippen molar-refractivity contribution in [3.05, 3.63) is 0 Å². The van der Waals surface area contributed by atoms with Crippen molar-refractivity contribution in [2.45, 2.75) is 0 Å². The molecule has 0 aromatic heterocycles. The van der Waals surface area contributed by atoms with Crippen LogP contribution in [0.3, 0.4) is 0 Å². The summed E-state index contributed by atoms with van der Waals surface area (Å²) in [5, 5.41) is 0. The van der Waals surface area contributed by atoms with E-state index in [0.29, 0.717) is 4.94 Å². The van der Waals surface area contributed by atoms with E-state index in [0.717, 1.165) is 0 Å². The third-order valence-electron chi connectivity index (χ3n) is 0. The highest BCUT2D eigenvalue weighted by Gasteiger charge is 1.67. The molecule has 0 saturated heterocycles. The highest BCUT2D eigenvalue weighted by atomic mass is 19.2. The van der Waals surface area contributed by atoms with Gasteiger partial charge in [-0.15, -0.1) is 0 Å². The van der Waals surface area contributed by atoms with Gasteiger partial charge in [-0.3, -0.25) is 0 Å². The fourth-order valence-corrected chi connectivity index (χ4v) is 0. The standard InChI is InChI=1S/B2FH4N/c1-4(2)3/h1-2H2. The molecule has 0 saturated carbocycles. The van der Waals surface area contributed by atoms with E-state index in [-0.39, 0.29) is 0 Å². The lowest BCUT2D eigenvalue weighted by molar-refractivity contribution is 0.275. The lowest BCUT2D eigenvalue weighted by Crippen LogP contribution is -1.98. The molecule has 22 valence electrons. The average Bonchev–Trinajstić information content (AvgIpc) is 0.811. The molecule has 0 fully saturated rings. The first-order valence-electron chi connectivity index (χ1n) is 1.06. The Bertz CT molecular complexity index is 10.8. The summed E-state index contributed by atoms with van der Waals surface area (Å²) >= 11 is 0. The maximum absolute atomic E-state index is 10.8. The smallest absolute Gasteiger partial charge is 0.209 e. The summed E-state index contributed by atoms with van der Waals surface area (Å²) in [7, 11) is 2.67. The van der Waals surface area contributed by atoms with E-state index in [9.17, 15) is 4.48 Å². The van der Waals surface area contributed by atoms with Crippen molar-refractivity contribution >= 4 is 16.0 Å². The molecule has 0 rings (SSSR count). The van der Waals surface area contributed by atoms with Gasteiger partial charge in [0.25, 0.3) is 0 Å². The third-order valence-corrected chi connectivity index (χ3v) is 0. The SMILES string of the molecule is BN(B)F. The summed E-state index contributed by atoms with van der Waals surface area (Å²) in [6, 6.07) is 0. The summed E-state index contributed by atoms with van der Waals surface area (Å²) in [5.74, 6) is 0. The maximum Gasteiger partial charge on any atom is 0.209 e. The van der Waals surface area contributed by atoms with Crippen molar-refractivity contribution in [2.75, 3.05) is 0 Å². The Labute approximate surface area is 26.6 Å². The second-order valence-corrected chi connectivity index (χ2v) is 0.785. The van der Waals surface area contributed by atoms with Gasteiger partial charge >= 0.3 is 0 Å². The Morgan fingerprint density at radius 2 is 1.50 bits per heavy atom. The molecule has 0 heterocycles. The van der Waals surface area contributed by atoms with E-state index in [2.05, 4.69) is 0 Å². The minimum atomic E-state index is 0.500. The molecule has 0 aromatic carbocycles. The minimum absolute atomic E-state index is 0.500. The number of halogens is 1. The number of hydrogen-bond donors (Lipinski definition) is 0. The van der Waals surface area contributed by atoms with Gasteiger partial charge in [0.1, 0.15) is 0 Å². The number of hydrogen-bond acceptors (Lipinski definition) is 1. The highest BCUT2D eigenvalue weighted by molar-refractivity contribution is 6.23. The van der Waals surface area contributed by atoms with Crippen molar-refractivity contribution in [3.8, 4) is 0 Å². The van der Waals surface area contributed by atoms with E-state index in [1.165, 1.54) is 16.0 Å². The van der Waals surface area contributed by atoms with Crippen molar-refractivity contribution < 1.29 is 4.48 Å². The van der Waals surface area contributed by atoms with E-state index >= 15 is 0 Å². The largest absolute Gasteiger partial charge is 0.244 e. The first-order valence-corrected chi connectivity index (χ1v) is 1.06. The predicted molar refractivity (Wildman–Crippen MR) is 20.0 cm³/mol. The van der Waals surface area contributed by atoms with Crippen molar-refractivity contribution in [1.29, 1.82) is 0 Å². The summed E-state index contributed by atoms with van der Waals surface area (Å²) in [6.45, 7) is 0. The van der Waals surface area contributed by atoms with E-state index in [4.69, 9.17) is 0 Å². The van der Waals surface area contributed by atoms with E-state index in [1.54, 1.807) is 0 Å². The molecule has 4 heteroatoms. The highest BCUT2D eigenvalue weighted by Crippen LogP contribution is 1.57. The van der Waals surface area contributed by atoms with Gasteiger partial charge in [-0.2, -0.15) is 4.48 Å². The second-order valence-electron chi connectivity index (χ2n) is 0.785. The van der Waals surface area contributed by atoms with Crippen LogP contribution in [0.15, 0.2) is 0 Å². The molecule has 0 amide bonds. The molecule has 4 heavy (non-hydrogen) atoms. The van der Waals surface area contributed by atoms with Crippen LogP contribution in [0.2, 0.25) is 0 Å². The van der Waals surface area contributed by atoms with Gasteiger partial charge in [-0.25, -0.2) is 4.94 Å². The predicted octanol–water partition coefficient (Wildman–Crippen LogP) is -1.73. The summed E-state index contributed by atoms with van der Waals surface area (Å²) in [6.07, 6.45) is 0. The Kier molecular flexibility index (Phi) is 1.36. The van der Waals surface area contributed by atoms with Gasteiger partial charge < -0.3 is 0 Å². The Hall–Kier alpha value is 0.0199. The zero-order chi connectivity index (χ0) is 3.58. The van der Waals surface area contributed by atoms with Crippen LogP contribution in [0.25, 0.3) is 0 Å². The molecular weight excluding hydrogens is 54.6 g/mol. The Balaban J connectivity index is 2.32. The summed E-state index contributed by atoms with van der Waals surface area (Å²) < 4.78 is 10.8. The summed E-state index contributed by atoms with van der Waals surface area (Å²) in [4.78, 5) is 0.500. The topological polar surface area (TPSA) is 3.24 Å². The lowest BCUT2D eigenvalue weighted by atomic mass is 10.3. The van der Waals surface area contributed by atoms with Crippen LogP contribution < -0.4 is 0 Å². The fraction of sp³-hybridized carbons (Fsp3) is 0. The molecule has 0 atom stereocenters. The molecule has 0 spiro atoms. The molecular formula is H4B2FN. The quantitative estimate of drug-likeness (QED) is 0.236. The molecule has 0 radical (unpaired) electrons. The molecule has 0 aliphatic heterocycles. The van der Waals surface area contributed by atoms with Gasteiger partial charge in [0.15, 0.2) is 0 Å². The molecule has 0 aliphatic rings. The van der Waals surface area contributed by atoms with Gasteiger partial charge in [0.05, 0.1) is 0 Å². The Morgan fingerprint density at radius 3 is 1.50 bits per heavy atom. The van der Waals surface area contributed by atoms with Gasteiger partial charge in [0, 0.05) is 0 Å². The van der Waals surface area contributed by atoms with Crippen molar-refractivity contribution in [2.24, 2.45) is 0 Å². The minimum Gasteiger partial charge on any atom is -0.244 e. The monoisotopic (exact) mass is 59.1 g/mol. The van der Waals surface area contributed by atoms with Crippen LogP contribution >= 0.6 is 0 Å². The summed E-state index contributed by atoms with van der Waals surface area (Å²) in [5.41, 5.74) is 0. The molecule has 1 nitrogen and oxygen atoms in total. The van der Waals surface area contributed by atoms with Crippen LogP contribution in [-0.2, 0) is 0 Å². The average molecular weight is 58.7 g/mol. The van der Waals surface area contributed by atoms with Crippen molar-refractivity contribution in [3.63, 3.8) is 0 Å².